The zero-order chi connectivity index (χ0) is 16.2. The van der Waals surface area contributed by atoms with Gasteiger partial charge in [-0.25, -0.2) is 9.97 Å². The van der Waals surface area contributed by atoms with E-state index in [1.165, 1.54) is 0 Å². The normalized spacial score (nSPS) is 17.4. The van der Waals surface area contributed by atoms with Crippen molar-refractivity contribution in [3.05, 3.63) is 39.9 Å². The van der Waals surface area contributed by atoms with Crippen molar-refractivity contribution in [3.63, 3.8) is 0 Å². The zero-order valence-corrected chi connectivity index (χ0v) is 14.3. The van der Waals surface area contributed by atoms with Gasteiger partial charge in [0, 0.05) is 17.6 Å². The van der Waals surface area contributed by atoms with Gasteiger partial charge in [-0.2, -0.15) is 0 Å². The summed E-state index contributed by atoms with van der Waals surface area (Å²) in [7, 11) is 0. The number of aryl methyl sites for hydroxylation is 2. The van der Waals surface area contributed by atoms with Crippen LogP contribution in [0.2, 0.25) is 0 Å². The van der Waals surface area contributed by atoms with E-state index in [2.05, 4.69) is 20.3 Å². The molecule has 122 valence electrons. The second-order valence-corrected chi connectivity index (χ2v) is 6.89. The van der Waals surface area contributed by atoms with Crippen molar-refractivity contribution in [1.82, 2.24) is 25.2 Å². The number of carbonyl (C=O) groups excluding carboxylic acids is 1. The SMILES string of the molecule is Cc1cnc(C(=O)N(Cc2scnc2C)C[C@@H]2CCNC2)cn1. The maximum Gasteiger partial charge on any atom is 0.274 e. The molecule has 1 atom stereocenters. The largest absolute Gasteiger partial charge is 0.332 e. The molecular weight excluding hydrogens is 310 g/mol. The lowest BCUT2D eigenvalue weighted by Crippen LogP contribution is -2.36. The Morgan fingerprint density at radius 2 is 2.22 bits per heavy atom. The summed E-state index contributed by atoms with van der Waals surface area (Å²) >= 11 is 1.59. The molecule has 1 aliphatic rings. The Hall–Kier alpha value is -1.86. The van der Waals surface area contributed by atoms with Crippen LogP contribution in [0.25, 0.3) is 0 Å². The fourth-order valence-electron chi connectivity index (χ4n) is 2.72. The first kappa shape index (κ1) is 16.0. The number of nitrogens with zero attached hydrogens (tertiary/aromatic N) is 4. The van der Waals surface area contributed by atoms with Crippen LogP contribution in [0.1, 0.15) is 33.2 Å². The average molecular weight is 331 g/mol. The Labute approximate surface area is 140 Å². The number of rotatable bonds is 5. The summed E-state index contributed by atoms with van der Waals surface area (Å²) in [4.78, 5) is 28.6. The van der Waals surface area contributed by atoms with Gasteiger partial charge in [0.1, 0.15) is 5.69 Å². The van der Waals surface area contributed by atoms with Gasteiger partial charge in [-0.1, -0.05) is 0 Å². The van der Waals surface area contributed by atoms with Gasteiger partial charge in [-0.3, -0.25) is 9.78 Å². The maximum absolute atomic E-state index is 12.9. The van der Waals surface area contributed by atoms with E-state index in [0.717, 1.165) is 42.3 Å². The van der Waals surface area contributed by atoms with E-state index in [1.54, 1.807) is 23.7 Å². The number of hydrogen-bond donors (Lipinski definition) is 1. The van der Waals surface area contributed by atoms with E-state index < -0.39 is 0 Å². The van der Waals surface area contributed by atoms with Gasteiger partial charge in [0.25, 0.3) is 5.91 Å². The first-order valence-electron chi connectivity index (χ1n) is 7.81. The second kappa shape index (κ2) is 7.14. The van der Waals surface area contributed by atoms with Crippen LogP contribution >= 0.6 is 11.3 Å². The molecule has 23 heavy (non-hydrogen) atoms. The summed E-state index contributed by atoms with van der Waals surface area (Å²) in [6.45, 7) is 7.16. The summed E-state index contributed by atoms with van der Waals surface area (Å²) in [5.74, 6) is 0.433. The highest BCUT2D eigenvalue weighted by Gasteiger charge is 2.24. The van der Waals surface area contributed by atoms with Crippen LogP contribution in [-0.4, -0.2) is 45.4 Å². The van der Waals surface area contributed by atoms with Crippen molar-refractivity contribution in [2.24, 2.45) is 5.92 Å². The van der Waals surface area contributed by atoms with E-state index >= 15 is 0 Å². The van der Waals surface area contributed by atoms with Gasteiger partial charge >= 0.3 is 0 Å². The lowest BCUT2D eigenvalue weighted by molar-refractivity contribution is 0.0713. The Morgan fingerprint density at radius 1 is 1.35 bits per heavy atom. The van der Waals surface area contributed by atoms with Crippen molar-refractivity contribution in [3.8, 4) is 0 Å². The summed E-state index contributed by atoms with van der Waals surface area (Å²) in [6, 6.07) is 0. The predicted molar refractivity (Wildman–Crippen MR) is 89.3 cm³/mol. The van der Waals surface area contributed by atoms with Crippen molar-refractivity contribution in [2.75, 3.05) is 19.6 Å². The van der Waals surface area contributed by atoms with E-state index in [4.69, 9.17) is 0 Å². The molecule has 2 aromatic rings. The summed E-state index contributed by atoms with van der Waals surface area (Å²) in [5.41, 5.74) is 4.04. The van der Waals surface area contributed by atoms with E-state index in [1.807, 2.05) is 24.3 Å². The molecule has 0 bridgehead atoms. The zero-order valence-electron chi connectivity index (χ0n) is 13.5. The minimum Gasteiger partial charge on any atom is -0.332 e. The number of aromatic nitrogens is 3. The number of nitrogens with one attached hydrogen (secondary N) is 1. The fraction of sp³-hybridized carbons (Fsp3) is 0.500. The molecule has 1 fully saturated rings. The minimum absolute atomic E-state index is 0.0581. The van der Waals surface area contributed by atoms with E-state index in [-0.39, 0.29) is 5.91 Å². The monoisotopic (exact) mass is 331 g/mol. The minimum atomic E-state index is -0.0581. The van der Waals surface area contributed by atoms with Crippen LogP contribution < -0.4 is 5.32 Å². The van der Waals surface area contributed by atoms with Gasteiger partial charge in [0.15, 0.2) is 0 Å². The third kappa shape index (κ3) is 3.92. The van der Waals surface area contributed by atoms with Crippen molar-refractivity contribution in [2.45, 2.75) is 26.8 Å². The van der Waals surface area contributed by atoms with Gasteiger partial charge in [-0.15, -0.1) is 11.3 Å². The average Bonchev–Trinajstić information content (AvgIpc) is 3.19. The van der Waals surface area contributed by atoms with Crippen LogP contribution in [-0.2, 0) is 6.54 Å². The van der Waals surface area contributed by atoms with Crippen LogP contribution in [0.5, 0.6) is 0 Å². The summed E-state index contributed by atoms with van der Waals surface area (Å²) in [6.07, 6.45) is 4.31. The molecule has 0 spiro atoms. The highest BCUT2D eigenvalue weighted by atomic mass is 32.1. The molecule has 1 N–H and O–H groups in total. The van der Waals surface area contributed by atoms with Crippen molar-refractivity contribution >= 4 is 17.2 Å². The third-order valence-electron chi connectivity index (χ3n) is 4.11. The Balaban J connectivity index is 1.79. The number of amides is 1. The molecule has 0 aliphatic carbocycles. The highest BCUT2D eigenvalue weighted by molar-refractivity contribution is 7.09. The first-order chi connectivity index (χ1) is 11.1. The second-order valence-electron chi connectivity index (χ2n) is 5.95. The molecule has 3 rings (SSSR count). The summed E-state index contributed by atoms with van der Waals surface area (Å²) < 4.78 is 0. The topological polar surface area (TPSA) is 71.0 Å². The van der Waals surface area contributed by atoms with Crippen LogP contribution in [0, 0.1) is 19.8 Å². The van der Waals surface area contributed by atoms with Crippen molar-refractivity contribution in [1.29, 1.82) is 0 Å². The Morgan fingerprint density at radius 3 is 2.83 bits per heavy atom. The van der Waals surface area contributed by atoms with Crippen LogP contribution in [0.15, 0.2) is 17.9 Å². The number of hydrogen-bond acceptors (Lipinski definition) is 6. The first-order valence-corrected chi connectivity index (χ1v) is 8.69. The quantitative estimate of drug-likeness (QED) is 0.904. The standard InChI is InChI=1S/C16H21N5OS/c1-11-5-19-14(7-18-11)16(22)21(8-13-3-4-17-6-13)9-15-12(2)20-10-23-15/h5,7,10,13,17H,3-4,6,8-9H2,1-2H3/t13-/m1/s1. The molecular formula is C16H21N5OS. The lowest BCUT2D eigenvalue weighted by atomic mass is 10.1. The van der Waals surface area contributed by atoms with E-state index in [0.29, 0.717) is 18.2 Å². The Kier molecular flexibility index (Phi) is 4.97. The van der Waals surface area contributed by atoms with Gasteiger partial charge < -0.3 is 10.2 Å². The molecule has 7 heteroatoms. The molecule has 6 nitrogen and oxygen atoms in total. The molecule has 0 unspecified atom stereocenters. The van der Waals surface area contributed by atoms with Crippen LogP contribution in [0.4, 0.5) is 0 Å². The molecule has 0 aromatic carbocycles. The molecule has 0 radical (unpaired) electrons. The molecule has 2 aromatic heterocycles. The number of thiazole rings is 1. The highest BCUT2D eigenvalue weighted by Crippen LogP contribution is 2.19. The smallest absolute Gasteiger partial charge is 0.274 e. The third-order valence-corrected chi connectivity index (χ3v) is 5.03. The number of carbonyl (C=O) groups is 1. The molecule has 1 saturated heterocycles. The van der Waals surface area contributed by atoms with Gasteiger partial charge in [0.2, 0.25) is 0 Å². The molecule has 3 heterocycles. The van der Waals surface area contributed by atoms with Gasteiger partial charge in [-0.05, 0) is 39.3 Å². The van der Waals surface area contributed by atoms with Gasteiger partial charge in [0.05, 0.1) is 29.6 Å². The molecule has 1 aliphatic heterocycles. The predicted octanol–water partition coefficient (Wildman–Crippen LogP) is 1.80. The fourth-order valence-corrected chi connectivity index (χ4v) is 3.51. The van der Waals surface area contributed by atoms with E-state index in [9.17, 15) is 4.79 Å². The lowest BCUT2D eigenvalue weighted by Gasteiger charge is -2.25. The van der Waals surface area contributed by atoms with Crippen molar-refractivity contribution < 1.29 is 4.79 Å². The summed E-state index contributed by atoms with van der Waals surface area (Å²) in [5, 5.41) is 3.36. The van der Waals surface area contributed by atoms with Crippen LogP contribution in [0.3, 0.4) is 0 Å². The molecule has 1 amide bonds. The Bertz CT molecular complexity index is 663. The molecule has 0 saturated carbocycles. The maximum atomic E-state index is 12.9.